The molecule has 160 valence electrons. The van der Waals surface area contributed by atoms with Gasteiger partial charge in [0.2, 0.25) is 0 Å². The van der Waals surface area contributed by atoms with Crippen molar-refractivity contribution in [3.63, 3.8) is 0 Å². The van der Waals surface area contributed by atoms with Gasteiger partial charge in [0.25, 0.3) is 17.4 Å². The van der Waals surface area contributed by atoms with Gasteiger partial charge in [-0.15, -0.1) is 0 Å². The highest BCUT2D eigenvalue weighted by molar-refractivity contribution is 6.51. The minimum atomic E-state index is -1.10. The molecule has 1 amide bonds. The summed E-state index contributed by atoms with van der Waals surface area (Å²) >= 11 is 0. The largest absolute Gasteiger partial charge is 0.508 e. The SMILES string of the molecule is Cc1ccc(/C(O)=C2\C(=O)C(=O)N(c3ccc(O)cc3)C2c2cccc([N+](=O)[O-])c2)cc1. The summed E-state index contributed by atoms with van der Waals surface area (Å²) in [5.74, 6) is -2.20. The second-order valence-electron chi connectivity index (χ2n) is 7.40. The number of phenolic OH excluding ortho intramolecular Hbond substituents is 1. The fourth-order valence-corrected chi connectivity index (χ4v) is 3.70. The molecule has 8 heteroatoms. The summed E-state index contributed by atoms with van der Waals surface area (Å²) in [5, 5.41) is 32.0. The van der Waals surface area contributed by atoms with E-state index in [1.54, 1.807) is 30.3 Å². The number of non-ortho nitro benzene ring substituents is 1. The molecule has 1 aliphatic rings. The molecule has 0 radical (unpaired) electrons. The number of aliphatic hydroxyl groups is 1. The van der Waals surface area contributed by atoms with Crippen LogP contribution in [0, 0.1) is 17.0 Å². The standard InChI is InChI=1S/C24H18N2O6/c1-14-5-7-15(8-6-14)22(28)20-21(16-3-2-4-18(13-16)26(31)32)25(24(30)23(20)29)17-9-11-19(27)12-10-17/h2-13,21,27-28H,1H3/b22-20+. The Morgan fingerprint density at radius 1 is 1.00 bits per heavy atom. The van der Waals surface area contributed by atoms with Crippen LogP contribution in [0.3, 0.4) is 0 Å². The Hall–Kier alpha value is -4.46. The Bertz CT molecular complexity index is 1260. The van der Waals surface area contributed by atoms with Crippen molar-refractivity contribution < 1.29 is 24.7 Å². The Morgan fingerprint density at radius 2 is 1.66 bits per heavy atom. The molecule has 0 bridgehead atoms. The Morgan fingerprint density at radius 3 is 2.28 bits per heavy atom. The number of hydrogen-bond acceptors (Lipinski definition) is 6. The van der Waals surface area contributed by atoms with Gasteiger partial charge in [-0.3, -0.25) is 24.6 Å². The zero-order valence-corrected chi connectivity index (χ0v) is 16.9. The number of hydrogen-bond donors (Lipinski definition) is 2. The molecule has 0 saturated carbocycles. The number of benzene rings is 3. The van der Waals surface area contributed by atoms with Gasteiger partial charge in [0.1, 0.15) is 11.5 Å². The Labute approximate surface area is 182 Å². The molecule has 4 rings (SSSR count). The summed E-state index contributed by atoms with van der Waals surface area (Å²) in [6.45, 7) is 1.87. The van der Waals surface area contributed by atoms with Gasteiger partial charge in [0.05, 0.1) is 16.5 Å². The lowest BCUT2D eigenvalue weighted by molar-refractivity contribution is -0.384. The van der Waals surface area contributed by atoms with Gasteiger partial charge in [-0.25, -0.2) is 0 Å². The smallest absolute Gasteiger partial charge is 0.300 e. The minimum absolute atomic E-state index is 0.0307. The van der Waals surface area contributed by atoms with E-state index in [1.165, 1.54) is 47.4 Å². The van der Waals surface area contributed by atoms with Crippen LogP contribution >= 0.6 is 0 Å². The zero-order valence-electron chi connectivity index (χ0n) is 16.9. The lowest BCUT2D eigenvalue weighted by Crippen LogP contribution is -2.29. The molecule has 0 aliphatic carbocycles. The van der Waals surface area contributed by atoms with E-state index in [2.05, 4.69) is 0 Å². The summed E-state index contributed by atoms with van der Waals surface area (Å²) in [6, 6.07) is 16.9. The number of carbonyl (C=O) groups is 2. The molecule has 1 heterocycles. The quantitative estimate of drug-likeness (QED) is 0.210. The fraction of sp³-hybridized carbons (Fsp3) is 0.0833. The number of nitro benzene ring substituents is 1. The van der Waals surface area contributed by atoms with Crippen LogP contribution in [0.25, 0.3) is 5.76 Å². The van der Waals surface area contributed by atoms with E-state index in [-0.39, 0.29) is 22.8 Å². The predicted octanol–water partition coefficient (Wildman–Crippen LogP) is 4.24. The minimum Gasteiger partial charge on any atom is -0.508 e. The molecule has 3 aromatic rings. The molecule has 32 heavy (non-hydrogen) atoms. The summed E-state index contributed by atoms with van der Waals surface area (Å²) in [7, 11) is 0. The topological polar surface area (TPSA) is 121 Å². The van der Waals surface area contributed by atoms with E-state index in [0.717, 1.165) is 5.56 Å². The number of anilines is 1. The number of nitrogens with zero attached hydrogens (tertiary/aromatic N) is 2. The molecule has 0 spiro atoms. The number of carbonyl (C=O) groups excluding carboxylic acids is 2. The van der Waals surface area contributed by atoms with Crippen LogP contribution in [0.1, 0.15) is 22.7 Å². The third-order valence-electron chi connectivity index (χ3n) is 5.29. The maximum atomic E-state index is 13.0. The lowest BCUT2D eigenvalue weighted by atomic mass is 9.94. The summed E-state index contributed by atoms with van der Waals surface area (Å²) in [6.07, 6.45) is 0. The van der Waals surface area contributed by atoms with Crippen LogP contribution in [-0.4, -0.2) is 26.8 Å². The van der Waals surface area contributed by atoms with Crippen LogP contribution in [0.4, 0.5) is 11.4 Å². The van der Waals surface area contributed by atoms with Crippen LogP contribution in [0.2, 0.25) is 0 Å². The maximum absolute atomic E-state index is 13.0. The number of ketones is 1. The third-order valence-corrected chi connectivity index (χ3v) is 5.29. The average Bonchev–Trinajstić information content (AvgIpc) is 3.05. The summed E-state index contributed by atoms with van der Waals surface area (Å²) in [5.41, 5.74) is 1.49. The Balaban J connectivity index is 1.96. The van der Waals surface area contributed by atoms with Crippen molar-refractivity contribution in [2.24, 2.45) is 0 Å². The molecule has 8 nitrogen and oxygen atoms in total. The van der Waals surface area contributed by atoms with Gasteiger partial charge in [-0.2, -0.15) is 0 Å². The molecule has 1 unspecified atom stereocenters. The number of Topliss-reactive ketones (excluding diaryl/α,β-unsaturated/α-hetero) is 1. The first-order valence-electron chi connectivity index (χ1n) is 9.69. The highest BCUT2D eigenvalue weighted by Gasteiger charge is 2.47. The first-order chi connectivity index (χ1) is 15.3. The van der Waals surface area contributed by atoms with Gasteiger partial charge in [-0.1, -0.05) is 42.0 Å². The number of aryl methyl sites for hydroxylation is 1. The highest BCUT2D eigenvalue weighted by Crippen LogP contribution is 2.43. The fourth-order valence-electron chi connectivity index (χ4n) is 3.70. The summed E-state index contributed by atoms with van der Waals surface area (Å²) < 4.78 is 0. The first kappa shape index (κ1) is 20.8. The van der Waals surface area contributed by atoms with Gasteiger partial charge in [0, 0.05) is 23.4 Å². The molecule has 1 aliphatic heterocycles. The molecule has 0 aromatic heterocycles. The van der Waals surface area contributed by atoms with E-state index < -0.39 is 22.7 Å². The number of nitro groups is 1. The van der Waals surface area contributed by atoms with Gasteiger partial charge >= 0.3 is 0 Å². The van der Waals surface area contributed by atoms with Crippen molar-refractivity contribution in [3.05, 3.63) is 105 Å². The third kappa shape index (κ3) is 3.58. The second kappa shape index (κ2) is 7.99. The van der Waals surface area contributed by atoms with Crippen molar-refractivity contribution in [1.29, 1.82) is 0 Å². The van der Waals surface area contributed by atoms with Crippen molar-refractivity contribution >= 4 is 28.8 Å². The maximum Gasteiger partial charge on any atom is 0.300 e. The van der Waals surface area contributed by atoms with E-state index in [1.807, 2.05) is 6.92 Å². The van der Waals surface area contributed by atoms with E-state index >= 15 is 0 Å². The van der Waals surface area contributed by atoms with Crippen molar-refractivity contribution in [2.45, 2.75) is 13.0 Å². The van der Waals surface area contributed by atoms with E-state index in [9.17, 15) is 29.9 Å². The molecule has 1 fully saturated rings. The molecular weight excluding hydrogens is 412 g/mol. The van der Waals surface area contributed by atoms with Gasteiger partial charge in [0.15, 0.2) is 0 Å². The number of amides is 1. The van der Waals surface area contributed by atoms with Gasteiger partial charge < -0.3 is 10.2 Å². The molecule has 1 atom stereocenters. The Kier molecular flexibility index (Phi) is 5.19. The van der Waals surface area contributed by atoms with E-state index in [4.69, 9.17) is 0 Å². The molecule has 2 N–H and O–H groups in total. The van der Waals surface area contributed by atoms with E-state index in [0.29, 0.717) is 16.8 Å². The lowest BCUT2D eigenvalue weighted by Gasteiger charge is -2.25. The molecule has 1 saturated heterocycles. The first-order valence-corrected chi connectivity index (χ1v) is 9.69. The van der Waals surface area contributed by atoms with Crippen molar-refractivity contribution in [1.82, 2.24) is 0 Å². The predicted molar refractivity (Wildman–Crippen MR) is 117 cm³/mol. The average molecular weight is 430 g/mol. The van der Waals surface area contributed by atoms with Crippen LogP contribution in [0.5, 0.6) is 5.75 Å². The summed E-state index contributed by atoms with van der Waals surface area (Å²) in [4.78, 5) is 38.0. The zero-order chi connectivity index (χ0) is 23.0. The second-order valence-corrected chi connectivity index (χ2v) is 7.40. The molecule has 3 aromatic carbocycles. The highest BCUT2D eigenvalue weighted by atomic mass is 16.6. The monoisotopic (exact) mass is 430 g/mol. The number of aliphatic hydroxyl groups excluding tert-OH is 1. The number of phenols is 1. The van der Waals surface area contributed by atoms with Crippen LogP contribution in [0.15, 0.2) is 78.4 Å². The van der Waals surface area contributed by atoms with Crippen LogP contribution in [-0.2, 0) is 9.59 Å². The van der Waals surface area contributed by atoms with Crippen molar-refractivity contribution in [2.75, 3.05) is 4.90 Å². The molecular formula is C24H18N2O6. The normalized spacial score (nSPS) is 17.5. The number of aromatic hydroxyl groups is 1. The van der Waals surface area contributed by atoms with Crippen LogP contribution < -0.4 is 4.90 Å². The van der Waals surface area contributed by atoms with Gasteiger partial charge in [-0.05, 0) is 36.8 Å². The number of rotatable bonds is 4. The van der Waals surface area contributed by atoms with Crippen molar-refractivity contribution in [3.8, 4) is 5.75 Å².